The van der Waals surface area contributed by atoms with Gasteiger partial charge in [0.1, 0.15) is 12.3 Å². The zero-order chi connectivity index (χ0) is 19.2. The molecule has 140 valence electrons. The van der Waals surface area contributed by atoms with Crippen molar-refractivity contribution in [1.82, 2.24) is 15.4 Å². The molecule has 7 nitrogen and oxygen atoms in total. The molecule has 0 unspecified atom stereocenters. The number of hydrogen-bond donors (Lipinski definition) is 1. The minimum absolute atomic E-state index is 0.117. The lowest BCUT2D eigenvalue weighted by Gasteiger charge is -2.12. The summed E-state index contributed by atoms with van der Waals surface area (Å²) in [4.78, 5) is 12.0. The normalized spacial score (nSPS) is 10.5. The summed E-state index contributed by atoms with van der Waals surface area (Å²) in [5.41, 5.74) is 2.09. The van der Waals surface area contributed by atoms with Gasteiger partial charge in [-0.25, -0.2) is 4.79 Å². The van der Waals surface area contributed by atoms with E-state index in [-0.39, 0.29) is 12.3 Å². The molecule has 1 heterocycles. The molecule has 0 bridgehead atoms. The van der Waals surface area contributed by atoms with Crippen molar-refractivity contribution >= 4 is 17.6 Å². The Balaban J connectivity index is 1.83. The minimum Gasteiger partial charge on any atom is -0.493 e. The first-order chi connectivity index (χ1) is 13.1. The summed E-state index contributed by atoms with van der Waals surface area (Å²) in [5, 5.41) is 11.0. The summed E-state index contributed by atoms with van der Waals surface area (Å²) in [6.07, 6.45) is 0. The number of methoxy groups -OCH3 is 1. The molecule has 2 aromatic carbocycles. The first-order valence-corrected chi connectivity index (χ1v) is 8.63. The second kappa shape index (κ2) is 8.55. The molecule has 0 amide bonds. The average Bonchev–Trinajstić information content (AvgIpc) is 3.16. The Hall–Kier alpha value is -3.06. The lowest BCUT2D eigenvalue weighted by Crippen LogP contribution is -2.07. The maximum atomic E-state index is 12.0. The lowest BCUT2D eigenvalue weighted by atomic mass is 10.1. The molecule has 8 heteroatoms. The van der Waals surface area contributed by atoms with Crippen molar-refractivity contribution in [2.45, 2.75) is 13.5 Å². The first-order valence-electron chi connectivity index (χ1n) is 8.26. The Kier molecular flexibility index (Phi) is 5.93. The largest absolute Gasteiger partial charge is 0.493 e. The number of hydrogen-bond acceptors (Lipinski definition) is 6. The van der Waals surface area contributed by atoms with Crippen LogP contribution in [-0.2, 0) is 11.3 Å². The highest BCUT2D eigenvalue weighted by Crippen LogP contribution is 2.33. The second-order valence-corrected chi connectivity index (χ2v) is 5.96. The summed E-state index contributed by atoms with van der Waals surface area (Å²) in [6, 6.07) is 12.7. The predicted molar refractivity (Wildman–Crippen MR) is 100 cm³/mol. The third-order valence-corrected chi connectivity index (χ3v) is 3.97. The average molecular weight is 388 g/mol. The maximum absolute atomic E-state index is 12.0. The number of halogens is 1. The fraction of sp³-hybridized carbons (Fsp3) is 0.211. The van der Waals surface area contributed by atoms with Crippen LogP contribution in [0, 0.1) is 0 Å². The summed E-state index contributed by atoms with van der Waals surface area (Å²) in [7, 11) is 1.54. The summed E-state index contributed by atoms with van der Waals surface area (Å²) in [5.74, 6) is 0.524. The Labute approximate surface area is 161 Å². The Bertz CT molecular complexity index is 942. The smallest absolute Gasteiger partial charge is 0.361 e. The monoisotopic (exact) mass is 387 g/mol. The van der Waals surface area contributed by atoms with E-state index in [4.69, 9.17) is 25.8 Å². The first kappa shape index (κ1) is 18.7. The molecule has 0 saturated heterocycles. The fourth-order valence-electron chi connectivity index (χ4n) is 2.50. The number of aromatic amines is 1. The third-order valence-electron chi connectivity index (χ3n) is 3.74. The van der Waals surface area contributed by atoms with E-state index in [2.05, 4.69) is 15.4 Å². The molecule has 27 heavy (non-hydrogen) atoms. The molecule has 1 N–H and O–H groups in total. The van der Waals surface area contributed by atoms with Crippen LogP contribution in [0.5, 0.6) is 11.5 Å². The van der Waals surface area contributed by atoms with E-state index < -0.39 is 5.97 Å². The van der Waals surface area contributed by atoms with Crippen molar-refractivity contribution in [3.05, 3.63) is 58.7 Å². The van der Waals surface area contributed by atoms with Crippen LogP contribution < -0.4 is 9.47 Å². The van der Waals surface area contributed by atoms with Gasteiger partial charge in [-0.15, -0.1) is 5.10 Å². The van der Waals surface area contributed by atoms with Crippen molar-refractivity contribution in [3.8, 4) is 22.8 Å². The molecule has 0 saturated carbocycles. The van der Waals surface area contributed by atoms with Crippen LogP contribution in [0.3, 0.4) is 0 Å². The van der Waals surface area contributed by atoms with Crippen LogP contribution in [0.1, 0.15) is 23.0 Å². The van der Waals surface area contributed by atoms with Crippen LogP contribution in [0.4, 0.5) is 0 Å². The quantitative estimate of drug-likeness (QED) is 0.619. The van der Waals surface area contributed by atoms with E-state index in [1.54, 1.807) is 38.3 Å². The number of rotatable bonds is 7. The van der Waals surface area contributed by atoms with Gasteiger partial charge in [-0.2, -0.15) is 10.3 Å². The van der Waals surface area contributed by atoms with Gasteiger partial charge in [0.2, 0.25) is 0 Å². The topological polar surface area (TPSA) is 86.3 Å². The highest BCUT2D eigenvalue weighted by molar-refractivity contribution is 6.30. The van der Waals surface area contributed by atoms with Crippen molar-refractivity contribution in [2.24, 2.45) is 0 Å². The van der Waals surface area contributed by atoms with Gasteiger partial charge in [0, 0.05) is 10.6 Å². The summed E-state index contributed by atoms with van der Waals surface area (Å²) < 4.78 is 16.3. The number of ether oxygens (including phenoxy) is 3. The minimum atomic E-state index is -0.540. The molecule has 1 aromatic heterocycles. The molecule has 0 aliphatic heterocycles. The van der Waals surface area contributed by atoms with Gasteiger partial charge in [0.05, 0.1) is 13.7 Å². The molecule has 0 aliphatic carbocycles. The van der Waals surface area contributed by atoms with Gasteiger partial charge in [0.25, 0.3) is 0 Å². The highest BCUT2D eigenvalue weighted by atomic mass is 35.5. The zero-order valence-electron chi connectivity index (χ0n) is 14.9. The van der Waals surface area contributed by atoms with Gasteiger partial charge >= 0.3 is 5.97 Å². The van der Waals surface area contributed by atoms with Crippen molar-refractivity contribution in [3.63, 3.8) is 0 Å². The van der Waals surface area contributed by atoms with Crippen LogP contribution in [0.2, 0.25) is 5.02 Å². The van der Waals surface area contributed by atoms with Crippen LogP contribution in [0.15, 0.2) is 42.5 Å². The van der Waals surface area contributed by atoms with E-state index in [0.717, 1.165) is 5.56 Å². The molecule has 0 aliphatic rings. The standard InChI is InChI=1S/C19H18ClN3O4/c1-3-26-19(24)18-17(21-23-22-18)13-7-8-15(16(10-13)25-2)27-11-12-5-4-6-14(20)9-12/h4-10H,3,11H2,1-2H3,(H,21,22,23). The number of benzene rings is 2. The number of carbonyl (C=O) groups excluding carboxylic acids is 1. The molecule has 0 fully saturated rings. The Morgan fingerprint density at radius 3 is 2.74 bits per heavy atom. The number of H-pyrrole nitrogens is 1. The van der Waals surface area contributed by atoms with E-state index in [1.807, 2.05) is 18.2 Å². The predicted octanol–water partition coefficient (Wildman–Crippen LogP) is 3.89. The third kappa shape index (κ3) is 4.38. The van der Waals surface area contributed by atoms with Gasteiger partial charge in [-0.1, -0.05) is 23.7 Å². The Morgan fingerprint density at radius 1 is 1.15 bits per heavy atom. The Morgan fingerprint density at radius 2 is 2.00 bits per heavy atom. The van der Waals surface area contributed by atoms with E-state index in [9.17, 15) is 4.79 Å². The number of esters is 1. The molecule has 0 spiro atoms. The number of nitrogens with one attached hydrogen (secondary N) is 1. The van der Waals surface area contributed by atoms with Gasteiger partial charge in [-0.3, -0.25) is 0 Å². The molecular weight excluding hydrogens is 370 g/mol. The van der Waals surface area contributed by atoms with Crippen LogP contribution in [0.25, 0.3) is 11.3 Å². The fourth-order valence-corrected chi connectivity index (χ4v) is 2.71. The highest BCUT2D eigenvalue weighted by Gasteiger charge is 2.20. The molecule has 0 atom stereocenters. The van der Waals surface area contributed by atoms with Gasteiger partial charge in [0.15, 0.2) is 17.2 Å². The van der Waals surface area contributed by atoms with Gasteiger partial charge in [-0.05, 0) is 42.8 Å². The van der Waals surface area contributed by atoms with Crippen molar-refractivity contribution in [1.29, 1.82) is 0 Å². The summed E-state index contributed by atoms with van der Waals surface area (Å²) >= 11 is 5.99. The zero-order valence-corrected chi connectivity index (χ0v) is 15.6. The molecule has 3 aromatic rings. The lowest BCUT2D eigenvalue weighted by molar-refractivity contribution is 0.0520. The van der Waals surface area contributed by atoms with E-state index >= 15 is 0 Å². The molecular formula is C19H18ClN3O4. The van der Waals surface area contributed by atoms with Gasteiger partial charge < -0.3 is 14.2 Å². The SMILES string of the molecule is CCOC(=O)c1n[nH]nc1-c1ccc(OCc2cccc(Cl)c2)c(OC)c1. The molecule has 0 radical (unpaired) electrons. The summed E-state index contributed by atoms with van der Waals surface area (Å²) in [6.45, 7) is 2.33. The van der Waals surface area contributed by atoms with Crippen LogP contribution in [-0.4, -0.2) is 35.1 Å². The number of aromatic nitrogens is 3. The van der Waals surface area contributed by atoms with E-state index in [0.29, 0.717) is 34.4 Å². The number of nitrogens with zero attached hydrogens (tertiary/aromatic N) is 2. The molecule has 3 rings (SSSR count). The van der Waals surface area contributed by atoms with Crippen molar-refractivity contribution in [2.75, 3.05) is 13.7 Å². The van der Waals surface area contributed by atoms with Crippen LogP contribution >= 0.6 is 11.6 Å². The maximum Gasteiger partial charge on any atom is 0.361 e. The second-order valence-electron chi connectivity index (χ2n) is 5.53. The van der Waals surface area contributed by atoms with E-state index in [1.165, 1.54) is 0 Å². The number of carbonyl (C=O) groups is 1. The van der Waals surface area contributed by atoms with Crippen molar-refractivity contribution < 1.29 is 19.0 Å².